The van der Waals surface area contributed by atoms with Gasteiger partial charge in [0.15, 0.2) is 0 Å². The second-order valence-electron chi connectivity index (χ2n) is 3.62. The number of rotatable bonds is 9. The van der Waals surface area contributed by atoms with E-state index in [-0.39, 0.29) is 0 Å². The Morgan fingerprint density at radius 1 is 1.08 bits per heavy atom. The summed E-state index contributed by atoms with van der Waals surface area (Å²) in [7, 11) is 0. The fourth-order valence-electron chi connectivity index (χ4n) is 1.36. The molecule has 0 spiro atoms. The summed E-state index contributed by atoms with van der Waals surface area (Å²) in [5.41, 5.74) is 5.95. The minimum atomic E-state index is 0.437. The molecule has 0 fully saturated rings. The molecule has 1 atom stereocenters. The van der Waals surface area contributed by atoms with Gasteiger partial charge in [-0.3, -0.25) is 0 Å². The average Bonchev–Trinajstić information content (AvgIpc) is 2.14. The van der Waals surface area contributed by atoms with E-state index in [9.17, 15) is 0 Å². The van der Waals surface area contributed by atoms with Crippen LogP contribution in [0.1, 0.15) is 52.4 Å². The van der Waals surface area contributed by atoms with Gasteiger partial charge in [-0.2, -0.15) is 11.8 Å². The summed E-state index contributed by atoms with van der Waals surface area (Å²) in [5, 5.41) is 0. The summed E-state index contributed by atoms with van der Waals surface area (Å²) in [6.07, 6.45) is 8.03. The first-order valence-electron chi connectivity index (χ1n) is 5.64. The molecule has 0 amide bonds. The molecule has 0 aromatic rings. The summed E-state index contributed by atoms with van der Waals surface area (Å²) in [6, 6.07) is 0.437. The van der Waals surface area contributed by atoms with Crippen molar-refractivity contribution in [3.63, 3.8) is 0 Å². The molecule has 0 aliphatic carbocycles. The van der Waals surface area contributed by atoms with Crippen molar-refractivity contribution < 1.29 is 0 Å². The van der Waals surface area contributed by atoms with E-state index < -0.39 is 0 Å². The molecule has 2 heteroatoms. The zero-order chi connectivity index (χ0) is 9.94. The molecule has 0 bridgehead atoms. The predicted molar refractivity (Wildman–Crippen MR) is 64.4 cm³/mol. The van der Waals surface area contributed by atoms with Crippen molar-refractivity contribution in [1.29, 1.82) is 0 Å². The van der Waals surface area contributed by atoms with E-state index in [1.165, 1.54) is 44.3 Å². The molecule has 0 aromatic heterocycles. The van der Waals surface area contributed by atoms with Crippen molar-refractivity contribution in [3.8, 4) is 0 Å². The molecule has 0 saturated heterocycles. The molecule has 0 aromatic carbocycles. The van der Waals surface area contributed by atoms with Crippen LogP contribution in [0.5, 0.6) is 0 Å². The number of thioether (sulfide) groups is 1. The number of nitrogens with two attached hydrogens (primary N) is 1. The van der Waals surface area contributed by atoms with Crippen LogP contribution in [0.2, 0.25) is 0 Å². The normalized spacial score (nSPS) is 13.2. The minimum absolute atomic E-state index is 0.437. The van der Waals surface area contributed by atoms with Crippen molar-refractivity contribution >= 4 is 11.8 Å². The Morgan fingerprint density at radius 2 is 1.77 bits per heavy atom. The van der Waals surface area contributed by atoms with Gasteiger partial charge in [-0.1, -0.05) is 46.0 Å². The first-order valence-corrected chi connectivity index (χ1v) is 6.80. The quantitative estimate of drug-likeness (QED) is 0.581. The van der Waals surface area contributed by atoms with Gasteiger partial charge in [-0.05, 0) is 12.2 Å². The third-order valence-corrected chi connectivity index (χ3v) is 3.29. The molecule has 1 nitrogen and oxygen atoms in total. The van der Waals surface area contributed by atoms with Crippen LogP contribution in [0, 0.1) is 0 Å². The van der Waals surface area contributed by atoms with Crippen molar-refractivity contribution in [2.24, 2.45) is 5.73 Å². The third kappa shape index (κ3) is 10.2. The standard InChI is InChI=1S/C11H25NS/c1-3-5-6-7-8-9-11(12)10-13-4-2/h11H,3-10,12H2,1-2H3. The van der Waals surface area contributed by atoms with Crippen LogP contribution in [0.4, 0.5) is 0 Å². The van der Waals surface area contributed by atoms with Gasteiger partial charge in [0.2, 0.25) is 0 Å². The molecular formula is C11H25NS. The molecule has 2 N–H and O–H groups in total. The molecule has 1 unspecified atom stereocenters. The molecule has 0 rings (SSSR count). The highest BCUT2D eigenvalue weighted by Gasteiger charge is 2.00. The van der Waals surface area contributed by atoms with Crippen molar-refractivity contribution in [1.82, 2.24) is 0 Å². The topological polar surface area (TPSA) is 26.0 Å². The van der Waals surface area contributed by atoms with Gasteiger partial charge in [-0.25, -0.2) is 0 Å². The van der Waals surface area contributed by atoms with Crippen molar-refractivity contribution in [2.45, 2.75) is 58.4 Å². The van der Waals surface area contributed by atoms with Crippen LogP contribution in [-0.4, -0.2) is 17.5 Å². The molecular weight excluding hydrogens is 178 g/mol. The van der Waals surface area contributed by atoms with Crippen LogP contribution in [0.3, 0.4) is 0 Å². The van der Waals surface area contributed by atoms with Gasteiger partial charge < -0.3 is 5.73 Å². The lowest BCUT2D eigenvalue weighted by molar-refractivity contribution is 0.567. The highest BCUT2D eigenvalue weighted by Crippen LogP contribution is 2.09. The summed E-state index contributed by atoms with van der Waals surface area (Å²) in [4.78, 5) is 0. The SMILES string of the molecule is CCCCCCCC(N)CSCC. The van der Waals surface area contributed by atoms with Gasteiger partial charge in [0.1, 0.15) is 0 Å². The minimum Gasteiger partial charge on any atom is -0.327 e. The third-order valence-electron chi connectivity index (χ3n) is 2.21. The Labute approximate surface area is 87.9 Å². The van der Waals surface area contributed by atoms with E-state index in [4.69, 9.17) is 5.73 Å². The maximum atomic E-state index is 5.95. The Hall–Kier alpha value is 0.310. The zero-order valence-electron chi connectivity index (χ0n) is 9.22. The van der Waals surface area contributed by atoms with Gasteiger partial charge in [0, 0.05) is 11.8 Å². The molecule has 0 aliphatic heterocycles. The molecule has 80 valence electrons. The largest absolute Gasteiger partial charge is 0.327 e. The molecule has 0 heterocycles. The van der Waals surface area contributed by atoms with E-state index in [0.717, 1.165) is 5.75 Å². The van der Waals surface area contributed by atoms with Crippen LogP contribution in [0.15, 0.2) is 0 Å². The zero-order valence-corrected chi connectivity index (χ0v) is 10.0. The van der Waals surface area contributed by atoms with Crippen molar-refractivity contribution in [3.05, 3.63) is 0 Å². The van der Waals surface area contributed by atoms with E-state index in [1.54, 1.807) is 0 Å². The van der Waals surface area contributed by atoms with Crippen LogP contribution in [-0.2, 0) is 0 Å². The summed E-state index contributed by atoms with van der Waals surface area (Å²) in [6.45, 7) is 4.45. The van der Waals surface area contributed by atoms with E-state index >= 15 is 0 Å². The first kappa shape index (κ1) is 13.3. The van der Waals surface area contributed by atoms with Crippen LogP contribution in [0.25, 0.3) is 0 Å². The van der Waals surface area contributed by atoms with Crippen LogP contribution >= 0.6 is 11.8 Å². The lowest BCUT2D eigenvalue weighted by Gasteiger charge is -2.09. The van der Waals surface area contributed by atoms with E-state index in [1.807, 2.05) is 11.8 Å². The molecule has 0 radical (unpaired) electrons. The van der Waals surface area contributed by atoms with E-state index in [2.05, 4.69) is 13.8 Å². The monoisotopic (exact) mass is 203 g/mol. The number of hydrogen-bond donors (Lipinski definition) is 1. The lowest BCUT2D eigenvalue weighted by atomic mass is 10.1. The van der Waals surface area contributed by atoms with Crippen LogP contribution < -0.4 is 5.73 Å². The summed E-state index contributed by atoms with van der Waals surface area (Å²) >= 11 is 1.96. The molecule has 13 heavy (non-hydrogen) atoms. The highest BCUT2D eigenvalue weighted by atomic mass is 32.2. The van der Waals surface area contributed by atoms with Gasteiger partial charge >= 0.3 is 0 Å². The van der Waals surface area contributed by atoms with E-state index in [0.29, 0.717) is 6.04 Å². The maximum Gasteiger partial charge on any atom is 0.0130 e. The Bertz CT molecular complexity index is 96.1. The smallest absolute Gasteiger partial charge is 0.0130 e. The second-order valence-corrected chi connectivity index (χ2v) is 4.94. The summed E-state index contributed by atoms with van der Waals surface area (Å²) < 4.78 is 0. The Kier molecular flexibility index (Phi) is 10.6. The second kappa shape index (κ2) is 10.4. The van der Waals surface area contributed by atoms with Crippen molar-refractivity contribution in [2.75, 3.05) is 11.5 Å². The number of unbranched alkanes of at least 4 members (excludes halogenated alkanes) is 4. The fourth-order valence-corrected chi connectivity index (χ4v) is 2.07. The first-order chi connectivity index (χ1) is 6.31. The van der Waals surface area contributed by atoms with Gasteiger partial charge in [-0.15, -0.1) is 0 Å². The number of hydrogen-bond acceptors (Lipinski definition) is 2. The Balaban J connectivity index is 3.03. The molecule has 0 aliphatic rings. The van der Waals surface area contributed by atoms with Gasteiger partial charge in [0.25, 0.3) is 0 Å². The average molecular weight is 203 g/mol. The fraction of sp³-hybridized carbons (Fsp3) is 1.00. The lowest BCUT2D eigenvalue weighted by Crippen LogP contribution is -2.22. The predicted octanol–water partition coefficient (Wildman–Crippen LogP) is 3.43. The maximum absolute atomic E-state index is 5.95. The van der Waals surface area contributed by atoms with Gasteiger partial charge in [0.05, 0.1) is 0 Å². The highest BCUT2D eigenvalue weighted by molar-refractivity contribution is 7.99. The summed E-state index contributed by atoms with van der Waals surface area (Å²) in [5.74, 6) is 2.34. The Morgan fingerprint density at radius 3 is 2.38 bits per heavy atom. The molecule has 0 saturated carbocycles.